The van der Waals surface area contributed by atoms with Gasteiger partial charge in [-0.05, 0) is 36.9 Å². The molecule has 1 saturated heterocycles. The van der Waals surface area contributed by atoms with Crippen LogP contribution in [0.25, 0.3) is 0 Å². The molecule has 0 bridgehead atoms. The number of amides is 1. The molecule has 1 unspecified atom stereocenters. The number of hydrogen-bond donors (Lipinski definition) is 0. The molecule has 1 aliphatic rings. The Morgan fingerprint density at radius 1 is 1.39 bits per heavy atom. The number of ether oxygens (including phenoxy) is 2. The van der Waals surface area contributed by atoms with Gasteiger partial charge >= 0.3 is 17.6 Å². The molecule has 0 spiro atoms. The van der Waals surface area contributed by atoms with E-state index in [1.165, 1.54) is 19.5 Å². The summed E-state index contributed by atoms with van der Waals surface area (Å²) in [6.45, 7) is 0.0768. The van der Waals surface area contributed by atoms with Crippen molar-refractivity contribution in [3.63, 3.8) is 0 Å². The van der Waals surface area contributed by atoms with Gasteiger partial charge in [0.2, 0.25) is 0 Å². The maximum Gasteiger partial charge on any atom is 0.433 e. The molecule has 0 aromatic carbocycles. The molecule has 0 radical (unpaired) electrons. The van der Waals surface area contributed by atoms with Gasteiger partial charge in [-0.25, -0.2) is 14.6 Å². The summed E-state index contributed by atoms with van der Waals surface area (Å²) in [5, 5.41) is 3.12. The average Bonchev–Trinajstić information content (AvgIpc) is 3.11. The van der Waals surface area contributed by atoms with Gasteiger partial charge in [0.15, 0.2) is 6.23 Å². The van der Waals surface area contributed by atoms with Crippen molar-refractivity contribution in [2.75, 3.05) is 18.6 Å². The van der Waals surface area contributed by atoms with E-state index in [2.05, 4.69) is 15.1 Å². The summed E-state index contributed by atoms with van der Waals surface area (Å²) in [6, 6.07) is 0.957. The van der Waals surface area contributed by atoms with E-state index in [0.29, 0.717) is 13.0 Å². The first-order valence-corrected chi connectivity index (χ1v) is 8.77. The highest BCUT2D eigenvalue weighted by atomic mass is 35.5. The Bertz CT molecular complexity index is 822. The molecular formula is C16H17ClF3N5O3. The van der Waals surface area contributed by atoms with Crippen molar-refractivity contribution >= 4 is 22.7 Å². The highest BCUT2D eigenvalue weighted by molar-refractivity contribution is 6.66. The fraction of sp³-hybridized carbons (Fsp3) is 0.500. The van der Waals surface area contributed by atoms with Crippen LogP contribution in [0.5, 0.6) is 6.01 Å². The van der Waals surface area contributed by atoms with Crippen molar-refractivity contribution < 1.29 is 27.4 Å². The molecule has 3 rings (SSSR count). The topological polar surface area (TPSA) is 82.4 Å². The molecule has 2 aromatic heterocycles. The molecule has 1 amide bonds. The van der Waals surface area contributed by atoms with E-state index in [-0.39, 0.29) is 23.9 Å². The van der Waals surface area contributed by atoms with Gasteiger partial charge in [-0.15, -0.1) is 0 Å². The fourth-order valence-corrected chi connectivity index (χ4v) is 3.00. The fourth-order valence-electron chi connectivity index (χ4n) is 2.84. The minimum absolute atomic E-state index is 0.00585. The number of alkyl halides is 3. The summed E-state index contributed by atoms with van der Waals surface area (Å²) < 4.78 is 51.5. The van der Waals surface area contributed by atoms with Crippen molar-refractivity contribution in [2.24, 2.45) is 0 Å². The van der Waals surface area contributed by atoms with Crippen LogP contribution in [0.4, 0.5) is 23.7 Å². The summed E-state index contributed by atoms with van der Waals surface area (Å²) in [7, 11) is 1.37. The van der Waals surface area contributed by atoms with Crippen molar-refractivity contribution in [2.45, 2.75) is 38.2 Å². The molecule has 3 heterocycles. The van der Waals surface area contributed by atoms with Crippen LogP contribution in [0.1, 0.15) is 36.9 Å². The summed E-state index contributed by atoms with van der Waals surface area (Å²) >= 11 is 5.61. The first kappa shape index (κ1) is 20.3. The third-order valence-electron chi connectivity index (χ3n) is 4.15. The summed E-state index contributed by atoms with van der Waals surface area (Å²) in [5.41, 5.74) is -0.744. The second kappa shape index (κ2) is 8.31. The van der Waals surface area contributed by atoms with E-state index in [1.54, 1.807) is 0 Å². The predicted octanol–water partition coefficient (Wildman–Crippen LogP) is 3.77. The number of hydrogen-bond acceptors (Lipinski definition) is 6. The Labute approximate surface area is 163 Å². The zero-order chi connectivity index (χ0) is 20.3. The van der Waals surface area contributed by atoms with E-state index in [0.717, 1.165) is 28.5 Å². The quantitative estimate of drug-likeness (QED) is 0.542. The molecule has 8 nitrogen and oxygen atoms in total. The Morgan fingerprint density at radius 3 is 2.64 bits per heavy atom. The van der Waals surface area contributed by atoms with E-state index in [9.17, 15) is 18.0 Å². The lowest BCUT2D eigenvalue weighted by molar-refractivity contribution is -0.152. The molecule has 0 saturated carbocycles. The second-order valence-corrected chi connectivity index (χ2v) is 6.37. The highest BCUT2D eigenvalue weighted by Crippen LogP contribution is 2.34. The predicted molar refractivity (Wildman–Crippen MR) is 92.1 cm³/mol. The SMILES string of the molecule is COc1ncc(N(Cc2cc(C(F)(F)F)n(C3CCCCO3)n2)C(=O)Cl)cn1. The first-order valence-electron chi connectivity index (χ1n) is 8.40. The van der Waals surface area contributed by atoms with E-state index in [1.807, 2.05) is 0 Å². The standard InChI is InChI=1S/C16H17ClF3N5O3/c1-27-15-21-7-11(8-22-15)24(14(17)26)9-10-6-12(16(18,19)20)25(23-10)13-4-2-3-5-28-13/h6-8,13H,2-5,9H2,1H3. The number of carbonyl (C=O) groups is 1. The van der Waals surface area contributed by atoms with Crippen LogP contribution >= 0.6 is 11.6 Å². The van der Waals surface area contributed by atoms with Crippen molar-refractivity contribution in [3.05, 3.63) is 29.8 Å². The lowest BCUT2D eigenvalue weighted by Gasteiger charge is -2.25. The molecule has 12 heteroatoms. The normalized spacial score (nSPS) is 17.4. The first-order chi connectivity index (χ1) is 13.3. The molecule has 2 aromatic rings. The molecular weight excluding hydrogens is 403 g/mol. The Hall–Kier alpha value is -2.40. The van der Waals surface area contributed by atoms with Crippen LogP contribution in [0, 0.1) is 0 Å². The third kappa shape index (κ3) is 4.53. The molecule has 28 heavy (non-hydrogen) atoms. The molecule has 1 atom stereocenters. The zero-order valence-corrected chi connectivity index (χ0v) is 15.6. The number of aromatic nitrogens is 4. The maximum absolute atomic E-state index is 13.5. The van der Waals surface area contributed by atoms with Crippen LogP contribution in [0.15, 0.2) is 18.5 Å². The van der Waals surface area contributed by atoms with E-state index < -0.39 is 23.5 Å². The minimum Gasteiger partial charge on any atom is -0.467 e. The molecule has 1 aliphatic heterocycles. The molecule has 0 N–H and O–H groups in total. The van der Waals surface area contributed by atoms with Gasteiger partial charge in [-0.2, -0.15) is 18.3 Å². The Kier molecular flexibility index (Phi) is 6.04. The van der Waals surface area contributed by atoms with Crippen LogP contribution in [0.2, 0.25) is 0 Å². The largest absolute Gasteiger partial charge is 0.467 e. The van der Waals surface area contributed by atoms with Gasteiger partial charge in [0.1, 0.15) is 5.69 Å². The molecule has 1 fully saturated rings. The zero-order valence-electron chi connectivity index (χ0n) is 14.8. The van der Waals surface area contributed by atoms with Crippen molar-refractivity contribution in [3.8, 4) is 6.01 Å². The number of halogens is 4. The van der Waals surface area contributed by atoms with Gasteiger partial charge in [-0.3, -0.25) is 9.69 Å². The van der Waals surface area contributed by atoms with Gasteiger partial charge < -0.3 is 9.47 Å². The van der Waals surface area contributed by atoms with Crippen LogP contribution < -0.4 is 9.64 Å². The number of nitrogens with zero attached hydrogens (tertiary/aromatic N) is 5. The van der Waals surface area contributed by atoms with Crippen LogP contribution in [0.3, 0.4) is 0 Å². The Balaban J connectivity index is 1.90. The maximum atomic E-state index is 13.5. The minimum atomic E-state index is -4.62. The van der Waals surface area contributed by atoms with Crippen LogP contribution in [-0.4, -0.2) is 38.8 Å². The van der Waals surface area contributed by atoms with Gasteiger partial charge in [0.25, 0.3) is 0 Å². The number of rotatable bonds is 5. The Morgan fingerprint density at radius 2 is 2.11 bits per heavy atom. The van der Waals surface area contributed by atoms with Gasteiger partial charge in [0.05, 0.1) is 37.4 Å². The van der Waals surface area contributed by atoms with E-state index >= 15 is 0 Å². The number of carbonyl (C=O) groups excluding carboxylic acids is 1. The van der Waals surface area contributed by atoms with Crippen molar-refractivity contribution in [1.82, 2.24) is 19.7 Å². The lowest BCUT2D eigenvalue weighted by Crippen LogP contribution is -2.26. The number of methoxy groups -OCH3 is 1. The number of anilines is 1. The van der Waals surface area contributed by atoms with E-state index in [4.69, 9.17) is 21.1 Å². The van der Waals surface area contributed by atoms with Gasteiger partial charge in [0, 0.05) is 6.61 Å². The highest BCUT2D eigenvalue weighted by Gasteiger charge is 2.38. The summed E-state index contributed by atoms with van der Waals surface area (Å²) in [5.74, 6) is 0. The molecule has 152 valence electrons. The second-order valence-electron chi connectivity index (χ2n) is 6.05. The summed E-state index contributed by atoms with van der Waals surface area (Å²) in [6.07, 6.45) is -0.913. The third-order valence-corrected chi connectivity index (χ3v) is 4.35. The molecule has 0 aliphatic carbocycles. The lowest BCUT2D eigenvalue weighted by atomic mass is 10.2. The average molecular weight is 420 g/mol. The van der Waals surface area contributed by atoms with Crippen LogP contribution in [-0.2, 0) is 17.5 Å². The smallest absolute Gasteiger partial charge is 0.433 e. The monoisotopic (exact) mass is 419 g/mol. The van der Waals surface area contributed by atoms with Gasteiger partial charge in [-0.1, -0.05) is 0 Å². The van der Waals surface area contributed by atoms with Crippen molar-refractivity contribution in [1.29, 1.82) is 0 Å². The summed E-state index contributed by atoms with van der Waals surface area (Å²) in [4.78, 5) is 20.6.